The van der Waals surface area contributed by atoms with Crippen LogP contribution in [0.3, 0.4) is 0 Å². The number of hydrogen-bond donors (Lipinski definition) is 1. The summed E-state index contributed by atoms with van der Waals surface area (Å²) >= 11 is 0. The fraction of sp³-hybridized carbons (Fsp3) is 0.550. The Bertz CT molecular complexity index is 745. The number of carbonyl (C=O) groups is 1. The summed E-state index contributed by atoms with van der Waals surface area (Å²) in [6.45, 7) is 6.11. The molecule has 3 nitrogen and oxygen atoms in total. The van der Waals surface area contributed by atoms with Gasteiger partial charge in [-0.15, -0.1) is 0 Å². The average Bonchev–Trinajstić information content (AvgIpc) is 2.88. The van der Waals surface area contributed by atoms with Gasteiger partial charge in [-0.25, -0.2) is 0 Å². The summed E-state index contributed by atoms with van der Waals surface area (Å²) in [5.74, 6) is 1.82. The molecule has 1 amide bonds. The number of amides is 1. The second-order valence-corrected chi connectivity index (χ2v) is 7.48. The van der Waals surface area contributed by atoms with Crippen LogP contribution in [0.5, 0.6) is 0 Å². The minimum Gasteiger partial charge on any atom is -0.358 e. The topological polar surface area (TPSA) is 36.1 Å². The molecule has 1 aromatic heterocycles. The van der Waals surface area contributed by atoms with Gasteiger partial charge in [0.05, 0.1) is 0 Å². The number of benzene rings is 1. The van der Waals surface area contributed by atoms with Crippen LogP contribution >= 0.6 is 0 Å². The van der Waals surface area contributed by atoms with Crippen molar-refractivity contribution in [3.8, 4) is 0 Å². The number of H-pyrrole nitrogens is 1. The van der Waals surface area contributed by atoms with Crippen LogP contribution < -0.4 is 0 Å². The number of aryl methyl sites for hydroxylation is 2. The molecule has 0 bridgehead atoms. The molecule has 2 aliphatic rings. The van der Waals surface area contributed by atoms with Crippen LogP contribution in [0.4, 0.5) is 0 Å². The van der Waals surface area contributed by atoms with Gasteiger partial charge in [0.25, 0.3) is 5.91 Å². The lowest BCUT2D eigenvalue weighted by Crippen LogP contribution is -2.44. The molecular weight excluding hydrogens is 284 g/mol. The number of nitrogens with one attached hydrogen (secondary N) is 1. The number of aromatic nitrogens is 1. The van der Waals surface area contributed by atoms with E-state index in [1.165, 1.54) is 48.7 Å². The Kier molecular flexibility index (Phi) is 3.67. The van der Waals surface area contributed by atoms with Gasteiger partial charge in [0.1, 0.15) is 0 Å². The Labute approximate surface area is 138 Å². The molecule has 1 aliphatic heterocycles. The predicted octanol–water partition coefficient (Wildman–Crippen LogP) is 4.44. The number of hydrogen-bond acceptors (Lipinski definition) is 1. The van der Waals surface area contributed by atoms with E-state index in [1.54, 1.807) is 0 Å². The van der Waals surface area contributed by atoms with Crippen LogP contribution in [0.25, 0.3) is 10.9 Å². The molecule has 4 rings (SSSR count). The largest absolute Gasteiger partial charge is 0.358 e. The summed E-state index contributed by atoms with van der Waals surface area (Å²) in [7, 11) is 0. The Morgan fingerprint density at radius 2 is 1.91 bits per heavy atom. The maximum absolute atomic E-state index is 13.0. The summed E-state index contributed by atoms with van der Waals surface area (Å²) in [5.41, 5.74) is 4.41. The first-order valence-electron chi connectivity index (χ1n) is 9.01. The molecule has 1 aliphatic carbocycles. The van der Waals surface area contributed by atoms with Crippen LogP contribution in [-0.4, -0.2) is 28.9 Å². The predicted molar refractivity (Wildman–Crippen MR) is 93.7 cm³/mol. The van der Waals surface area contributed by atoms with E-state index >= 15 is 0 Å². The molecule has 1 aromatic carbocycles. The Balaban J connectivity index is 1.58. The third-order valence-electron chi connectivity index (χ3n) is 6.13. The third kappa shape index (κ3) is 2.56. The van der Waals surface area contributed by atoms with Crippen molar-refractivity contribution < 1.29 is 4.79 Å². The molecule has 2 aromatic rings. The van der Waals surface area contributed by atoms with Gasteiger partial charge in [-0.2, -0.15) is 0 Å². The summed E-state index contributed by atoms with van der Waals surface area (Å²) < 4.78 is 0. The average molecular weight is 310 g/mol. The van der Waals surface area contributed by atoms with Gasteiger partial charge in [-0.1, -0.05) is 19.3 Å². The number of piperidine rings is 1. The van der Waals surface area contributed by atoms with Crippen molar-refractivity contribution in [1.82, 2.24) is 9.88 Å². The van der Waals surface area contributed by atoms with Crippen LogP contribution in [0.2, 0.25) is 0 Å². The van der Waals surface area contributed by atoms with Crippen molar-refractivity contribution in [2.45, 2.75) is 46.0 Å². The van der Waals surface area contributed by atoms with Gasteiger partial charge in [-0.3, -0.25) is 4.79 Å². The molecule has 0 unspecified atom stereocenters. The van der Waals surface area contributed by atoms with E-state index < -0.39 is 0 Å². The molecule has 23 heavy (non-hydrogen) atoms. The van der Waals surface area contributed by atoms with E-state index in [0.29, 0.717) is 0 Å². The summed E-state index contributed by atoms with van der Waals surface area (Å²) in [4.78, 5) is 18.4. The smallest absolute Gasteiger partial charge is 0.253 e. The van der Waals surface area contributed by atoms with E-state index in [1.807, 2.05) is 6.07 Å². The lowest BCUT2D eigenvalue weighted by molar-refractivity contribution is 0.0521. The van der Waals surface area contributed by atoms with Crippen molar-refractivity contribution in [3.63, 3.8) is 0 Å². The molecule has 1 saturated heterocycles. The first kappa shape index (κ1) is 14.8. The van der Waals surface area contributed by atoms with Gasteiger partial charge in [-0.05, 0) is 62.3 Å². The van der Waals surface area contributed by atoms with Gasteiger partial charge in [0.15, 0.2) is 0 Å². The normalized spacial score (nSPS) is 24.7. The lowest BCUT2D eigenvalue weighted by atomic mass is 9.75. The number of nitrogens with zero attached hydrogens (tertiary/aromatic N) is 1. The van der Waals surface area contributed by atoms with Crippen LogP contribution in [0.15, 0.2) is 18.2 Å². The quantitative estimate of drug-likeness (QED) is 0.830. The highest BCUT2D eigenvalue weighted by atomic mass is 16.2. The van der Waals surface area contributed by atoms with Crippen LogP contribution in [-0.2, 0) is 0 Å². The minimum atomic E-state index is 0.217. The second kappa shape index (κ2) is 5.70. The molecule has 2 heterocycles. The van der Waals surface area contributed by atoms with E-state index in [0.717, 1.165) is 36.0 Å². The second-order valence-electron chi connectivity index (χ2n) is 7.48. The van der Waals surface area contributed by atoms with Gasteiger partial charge in [0, 0.05) is 35.2 Å². The third-order valence-corrected chi connectivity index (χ3v) is 6.13. The SMILES string of the molecule is Cc1[nH]c2ccc(C(=O)N3CC[C@H]4CCCC[C@@H]4C3)cc2c1C. The fourth-order valence-corrected chi connectivity index (χ4v) is 4.56. The molecule has 1 saturated carbocycles. The van der Waals surface area contributed by atoms with Gasteiger partial charge >= 0.3 is 0 Å². The standard InChI is InChI=1S/C20H26N2O/c1-13-14(2)21-19-8-7-16(11-18(13)19)20(23)22-10-9-15-5-3-4-6-17(15)12-22/h7-8,11,15,17,21H,3-6,9-10,12H2,1-2H3/t15-,17-/m1/s1. The van der Waals surface area contributed by atoms with E-state index in [2.05, 4.69) is 35.9 Å². The van der Waals surface area contributed by atoms with Crippen molar-refractivity contribution in [2.75, 3.05) is 13.1 Å². The zero-order chi connectivity index (χ0) is 16.0. The number of fused-ring (bicyclic) bond motifs is 2. The van der Waals surface area contributed by atoms with E-state index in [9.17, 15) is 4.79 Å². The Hall–Kier alpha value is -1.77. The molecule has 3 heteroatoms. The molecule has 0 radical (unpaired) electrons. The first-order chi connectivity index (χ1) is 11.1. The Morgan fingerprint density at radius 1 is 1.13 bits per heavy atom. The van der Waals surface area contributed by atoms with E-state index in [4.69, 9.17) is 0 Å². The first-order valence-corrected chi connectivity index (χ1v) is 9.01. The Morgan fingerprint density at radius 3 is 2.74 bits per heavy atom. The maximum atomic E-state index is 13.0. The van der Waals surface area contributed by atoms with Crippen LogP contribution in [0, 0.1) is 25.7 Å². The number of aromatic amines is 1. The summed E-state index contributed by atoms with van der Waals surface area (Å²) in [6, 6.07) is 6.10. The fourth-order valence-electron chi connectivity index (χ4n) is 4.56. The van der Waals surface area contributed by atoms with Gasteiger partial charge in [0.2, 0.25) is 0 Å². The molecule has 0 spiro atoms. The summed E-state index contributed by atoms with van der Waals surface area (Å²) in [6.07, 6.45) is 6.61. The van der Waals surface area contributed by atoms with Crippen molar-refractivity contribution in [2.24, 2.45) is 11.8 Å². The number of carbonyl (C=O) groups excluding carboxylic acids is 1. The summed E-state index contributed by atoms with van der Waals surface area (Å²) in [5, 5.41) is 1.18. The lowest BCUT2D eigenvalue weighted by Gasteiger charge is -2.41. The molecule has 2 atom stereocenters. The minimum absolute atomic E-state index is 0.217. The number of likely N-dealkylation sites (tertiary alicyclic amines) is 1. The molecule has 2 fully saturated rings. The highest BCUT2D eigenvalue weighted by Crippen LogP contribution is 2.36. The molecule has 122 valence electrons. The number of rotatable bonds is 1. The zero-order valence-corrected chi connectivity index (χ0v) is 14.2. The zero-order valence-electron chi connectivity index (χ0n) is 14.2. The van der Waals surface area contributed by atoms with Crippen LogP contribution in [0.1, 0.15) is 53.7 Å². The highest BCUT2D eigenvalue weighted by Gasteiger charge is 2.33. The monoisotopic (exact) mass is 310 g/mol. The highest BCUT2D eigenvalue weighted by molar-refractivity contribution is 5.99. The van der Waals surface area contributed by atoms with Crippen molar-refractivity contribution in [3.05, 3.63) is 35.0 Å². The van der Waals surface area contributed by atoms with Crippen molar-refractivity contribution in [1.29, 1.82) is 0 Å². The molecule has 1 N–H and O–H groups in total. The van der Waals surface area contributed by atoms with Gasteiger partial charge < -0.3 is 9.88 Å². The maximum Gasteiger partial charge on any atom is 0.253 e. The molecular formula is C20H26N2O. The van der Waals surface area contributed by atoms with E-state index in [-0.39, 0.29) is 5.91 Å². The van der Waals surface area contributed by atoms with Crippen molar-refractivity contribution >= 4 is 16.8 Å².